The Morgan fingerprint density at radius 3 is 2.68 bits per heavy atom. The number of carbonyl (C=O) groups excluding carboxylic acids is 1. The molecule has 1 aromatic carbocycles. The molecule has 2 unspecified atom stereocenters. The molecule has 3 aliphatic heterocycles. The number of amides is 1. The summed E-state index contributed by atoms with van der Waals surface area (Å²) in [6, 6.07) is 4.13. The van der Waals surface area contributed by atoms with Crippen molar-refractivity contribution >= 4 is 24.5 Å². The van der Waals surface area contributed by atoms with Gasteiger partial charge in [-0.2, -0.15) is 5.10 Å². The van der Waals surface area contributed by atoms with Crippen molar-refractivity contribution in [3.05, 3.63) is 35.4 Å². The molecule has 0 spiro atoms. The van der Waals surface area contributed by atoms with Crippen molar-refractivity contribution in [3.8, 4) is 11.5 Å². The second-order valence-electron chi connectivity index (χ2n) is 9.57. The minimum Gasteiger partial charge on any atom is -0.493 e. The van der Waals surface area contributed by atoms with Gasteiger partial charge in [0.25, 0.3) is 0 Å². The third-order valence-corrected chi connectivity index (χ3v) is 7.14. The number of halogens is 1. The van der Waals surface area contributed by atoms with Gasteiger partial charge in [-0.3, -0.25) is 4.79 Å². The fraction of sp³-hybridized carbons (Fsp3) is 0.583. The molecular weight excluding hydrogens is 414 g/mol. The van der Waals surface area contributed by atoms with E-state index < -0.39 is 5.54 Å². The van der Waals surface area contributed by atoms with E-state index in [-0.39, 0.29) is 35.8 Å². The van der Waals surface area contributed by atoms with Crippen molar-refractivity contribution in [1.82, 2.24) is 10.3 Å². The van der Waals surface area contributed by atoms with Gasteiger partial charge in [0.1, 0.15) is 5.60 Å². The normalized spacial score (nSPS) is 27.7. The van der Waals surface area contributed by atoms with E-state index in [1.807, 2.05) is 17.3 Å². The van der Waals surface area contributed by atoms with Crippen LogP contribution in [0.2, 0.25) is 0 Å². The number of allylic oxidation sites excluding steroid dienone is 2. The summed E-state index contributed by atoms with van der Waals surface area (Å²) < 4.78 is 11.9. The van der Waals surface area contributed by atoms with E-state index >= 15 is 0 Å². The van der Waals surface area contributed by atoms with E-state index in [1.54, 1.807) is 7.11 Å². The molecule has 1 aromatic rings. The zero-order valence-corrected chi connectivity index (χ0v) is 19.3. The number of fused-ring (bicyclic) bond motifs is 2. The maximum atomic E-state index is 13.7. The summed E-state index contributed by atoms with van der Waals surface area (Å²) in [6.45, 7) is 5.93. The van der Waals surface area contributed by atoms with Crippen LogP contribution in [0.1, 0.15) is 50.7 Å². The second kappa shape index (κ2) is 8.14. The fourth-order valence-electron chi connectivity index (χ4n) is 5.64. The molecule has 168 valence electrons. The first-order chi connectivity index (χ1) is 14.5. The first-order valence-electron chi connectivity index (χ1n) is 11.1. The van der Waals surface area contributed by atoms with Gasteiger partial charge in [0, 0.05) is 24.1 Å². The van der Waals surface area contributed by atoms with Crippen molar-refractivity contribution in [2.75, 3.05) is 20.2 Å². The van der Waals surface area contributed by atoms with E-state index in [0.29, 0.717) is 0 Å². The Morgan fingerprint density at radius 1 is 1.19 bits per heavy atom. The van der Waals surface area contributed by atoms with Gasteiger partial charge in [-0.15, -0.1) is 12.4 Å². The largest absolute Gasteiger partial charge is 0.493 e. The van der Waals surface area contributed by atoms with Crippen molar-refractivity contribution < 1.29 is 14.3 Å². The molecule has 1 aliphatic carbocycles. The van der Waals surface area contributed by atoms with Gasteiger partial charge in [-0.1, -0.05) is 18.2 Å². The molecule has 0 bridgehead atoms. The monoisotopic (exact) mass is 445 g/mol. The average molecular weight is 446 g/mol. The van der Waals surface area contributed by atoms with E-state index in [4.69, 9.17) is 14.6 Å². The van der Waals surface area contributed by atoms with Gasteiger partial charge < -0.3 is 14.8 Å². The Hall–Kier alpha value is -2.05. The summed E-state index contributed by atoms with van der Waals surface area (Å²) in [5, 5.41) is 10.1. The van der Waals surface area contributed by atoms with Gasteiger partial charge in [0.05, 0.1) is 18.6 Å². The molecule has 0 aromatic heterocycles. The standard InChI is InChI=1S/C24H31N3O3.ClH/c1-23(2)14-18-19(8-9-20(29-3)21(18)30-23)24(10-12-25-13-11-24)27-22(28)17-7-5-4-6-16(17)15-26-27;/h4-5,8-9,15-17,25H,6-7,10-14H2,1-3H3;1H. The highest BCUT2D eigenvalue weighted by Crippen LogP contribution is 2.50. The van der Waals surface area contributed by atoms with Crippen LogP contribution < -0.4 is 14.8 Å². The number of benzene rings is 1. The van der Waals surface area contributed by atoms with E-state index in [0.717, 1.165) is 62.3 Å². The molecule has 31 heavy (non-hydrogen) atoms. The summed E-state index contributed by atoms with van der Waals surface area (Å²) in [5.74, 6) is 1.97. The minimum atomic E-state index is -0.453. The number of carbonyl (C=O) groups is 1. The molecule has 0 radical (unpaired) electrons. The first-order valence-corrected chi connectivity index (χ1v) is 11.1. The Kier molecular flexibility index (Phi) is 5.81. The van der Waals surface area contributed by atoms with Crippen LogP contribution >= 0.6 is 12.4 Å². The van der Waals surface area contributed by atoms with Gasteiger partial charge in [-0.25, -0.2) is 5.01 Å². The highest BCUT2D eigenvalue weighted by molar-refractivity contribution is 5.87. The van der Waals surface area contributed by atoms with Crippen LogP contribution in [0.3, 0.4) is 0 Å². The maximum Gasteiger partial charge on any atom is 0.247 e. The third kappa shape index (κ3) is 3.54. The Morgan fingerprint density at radius 2 is 1.94 bits per heavy atom. The van der Waals surface area contributed by atoms with Crippen LogP contribution in [0, 0.1) is 11.8 Å². The number of hydrogen-bond acceptors (Lipinski definition) is 5. The van der Waals surface area contributed by atoms with Crippen LogP contribution in [0.4, 0.5) is 0 Å². The lowest BCUT2D eigenvalue weighted by atomic mass is 9.75. The van der Waals surface area contributed by atoms with Crippen LogP contribution in [0.5, 0.6) is 11.5 Å². The number of rotatable bonds is 3. The molecule has 2 atom stereocenters. The SMILES string of the molecule is COc1ccc(C2(N3N=CC4CC=CCC4C3=O)CCNCC2)c2c1OC(C)(C)C2.Cl. The van der Waals surface area contributed by atoms with E-state index in [2.05, 4.69) is 37.4 Å². The first kappa shape index (κ1) is 22.2. The smallest absolute Gasteiger partial charge is 0.247 e. The van der Waals surface area contributed by atoms with E-state index in [1.165, 1.54) is 5.56 Å². The van der Waals surface area contributed by atoms with Gasteiger partial charge in [0.2, 0.25) is 5.91 Å². The number of hydrazone groups is 1. The summed E-state index contributed by atoms with van der Waals surface area (Å²) in [7, 11) is 1.68. The van der Waals surface area contributed by atoms with Gasteiger partial charge >= 0.3 is 0 Å². The molecule has 6 nitrogen and oxygen atoms in total. The number of hydrogen-bond donors (Lipinski definition) is 1. The molecule has 4 aliphatic rings. The van der Waals surface area contributed by atoms with E-state index in [9.17, 15) is 4.79 Å². The predicted molar refractivity (Wildman–Crippen MR) is 123 cm³/mol. The number of piperidine rings is 1. The quantitative estimate of drug-likeness (QED) is 0.718. The number of nitrogens with one attached hydrogen (secondary N) is 1. The Balaban J connectivity index is 0.00000231. The fourth-order valence-corrected chi connectivity index (χ4v) is 5.64. The lowest BCUT2D eigenvalue weighted by Gasteiger charge is -2.48. The zero-order valence-electron chi connectivity index (χ0n) is 18.5. The van der Waals surface area contributed by atoms with Crippen molar-refractivity contribution in [2.24, 2.45) is 16.9 Å². The molecular formula is C24H32ClN3O3. The topological polar surface area (TPSA) is 63.2 Å². The van der Waals surface area contributed by atoms with Crippen molar-refractivity contribution in [2.45, 2.75) is 57.1 Å². The average Bonchev–Trinajstić information content (AvgIpc) is 3.08. The van der Waals surface area contributed by atoms with Crippen LogP contribution in [0.15, 0.2) is 29.4 Å². The molecule has 1 N–H and O–H groups in total. The summed E-state index contributed by atoms with van der Waals surface area (Å²) in [6.07, 6.45) is 10.5. The third-order valence-electron chi connectivity index (χ3n) is 7.14. The summed E-state index contributed by atoms with van der Waals surface area (Å²) >= 11 is 0. The zero-order chi connectivity index (χ0) is 20.9. The lowest BCUT2D eigenvalue weighted by molar-refractivity contribution is -0.146. The molecule has 3 heterocycles. The maximum absolute atomic E-state index is 13.7. The highest BCUT2D eigenvalue weighted by Gasteiger charge is 2.50. The number of nitrogens with zero attached hydrogens (tertiary/aromatic N) is 2. The van der Waals surface area contributed by atoms with Crippen molar-refractivity contribution in [3.63, 3.8) is 0 Å². The van der Waals surface area contributed by atoms with Crippen molar-refractivity contribution in [1.29, 1.82) is 0 Å². The molecule has 0 saturated carbocycles. The molecule has 5 rings (SSSR count). The summed E-state index contributed by atoms with van der Waals surface area (Å²) in [5.41, 5.74) is 1.58. The molecule has 7 heteroatoms. The highest BCUT2D eigenvalue weighted by atomic mass is 35.5. The van der Waals surface area contributed by atoms with Gasteiger partial charge in [0.15, 0.2) is 11.5 Å². The van der Waals surface area contributed by atoms with Gasteiger partial charge in [-0.05, 0) is 64.3 Å². The van der Waals surface area contributed by atoms with Crippen LogP contribution in [0.25, 0.3) is 0 Å². The molecule has 1 saturated heterocycles. The Bertz CT molecular complexity index is 921. The number of ether oxygens (including phenoxy) is 2. The Labute approximate surface area is 190 Å². The van der Waals surface area contributed by atoms with Crippen LogP contribution in [-0.2, 0) is 16.8 Å². The van der Waals surface area contributed by atoms with Crippen LogP contribution in [-0.4, -0.2) is 42.9 Å². The minimum absolute atomic E-state index is 0. The molecule has 1 fully saturated rings. The predicted octanol–water partition coefficient (Wildman–Crippen LogP) is 3.82. The molecule has 1 amide bonds. The second-order valence-corrected chi connectivity index (χ2v) is 9.57. The lowest BCUT2D eigenvalue weighted by Crippen LogP contribution is -2.56. The summed E-state index contributed by atoms with van der Waals surface area (Å²) in [4.78, 5) is 13.7. The number of methoxy groups -OCH3 is 1.